The minimum atomic E-state index is -0.395. The lowest BCUT2D eigenvalue weighted by atomic mass is 9.72. The minimum absolute atomic E-state index is 0.0607. The molecule has 2 aliphatic carbocycles. The van der Waals surface area contributed by atoms with E-state index in [4.69, 9.17) is 4.74 Å². The summed E-state index contributed by atoms with van der Waals surface area (Å²) < 4.78 is 5.05. The smallest absolute Gasteiger partial charge is 0.341 e. The van der Waals surface area contributed by atoms with E-state index in [-0.39, 0.29) is 28.9 Å². The number of fused-ring (bicyclic) bond motifs is 1. The molecule has 6 nitrogen and oxygen atoms in total. The number of amides is 2. The molecule has 0 aliphatic heterocycles. The van der Waals surface area contributed by atoms with Crippen LogP contribution in [0, 0.1) is 17.3 Å². The van der Waals surface area contributed by atoms with Crippen LogP contribution in [-0.2, 0) is 27.2 Å². The summed E-state index contributed by atoms with van der Waals surface area (Å²) in [7, 11) is 1.38. The van der Waals surface area contributed by atoms with Crippen molar-refractivity contribution in [3.05, 3.63) is 40.3 Å². The van der Waals surface area contributed by atoms with Gasteiger partial charge in [0.25, 0.3) is 0 Å². The predicted molar refractivity (Wildman–Crippen MR) is 138 cm³/mol. The molecule has 8 heteroatoms. The normalized spacial score (nSPS) is 17.6. The molecule has 4 rings (SSSR count). The number of carbonyl (C=O) groups excluding carboxylic acids is 3. The highest BCUT2D eigenvalue weighted by Gasteiger charge is 2.34. The van der Waals surface area contributed by atoms with E-state index >= 15 is 0 Å². The first-order valence-electron chi connectivity index (χ1n) is 11.7. The Kier molecular flexibility index (Phi) is 7.38. The summed E-state index contributed by atoms with van der Waals surface area (Å²) in [6, 6.07) is 7.53. The Morgan fingerprint density at radius 1 is 1.15 bits per heavy atom. The van der Waals surface area contributed by atoms with Gasteiger partial charge in [0.2, 0.25) is 11.8 Å². The molecule has 34 heavy (non-hydrogen) atoms. The van der Waals surface area contributed by atoms with Gasteiger partial charge in [-0.15, -0.1) is 23.1 Å². The number of hydrogen-bond acceptors (Lipinski definition) is 6. The zero-order chi connectivity index (χ0) is 24.5. The Bertz CT molecular complexity index is 1100. The predicted octanol–water partition coefficient (Wildman–Crippen LogP) is 5.77. The number of nitrogens with one attached hydrogen (secondary N) is 2. The van der Waals surface area contributed by atoms with Crippen LogP contribution in [0.3, 0.4) is 0 Å². The highest BCUT2D eigenvalue weighted by Crippen LogP contribution is 2.44. The number of rotatable bonds is 7. The number of thiophene rings is 1. The molecule has 1 heterocycles. The number of hydrogen-bond donors (Lipinski definition) is 2. The Balaban J connectivity index is 1.42. The molecule has 1 saturated carbocycles. The molecule has 0 radical (unpaired) electrons. The molecule has 1 aromatic carbocycles. The van der Waals surface area contributed by atoms with Crippen LogP contribution in [0.5, 0.6) is 0 Å². The van der Waals surface area contributed by atoms with Gasteiger partial charge < -0.3 is 15.4 Å². The molecule has 2 amide bonds. The van der Waals surface area contributed by atoms with Gasteiger partial charge in [-0.3, -0.25) is 9.59 Å². The van der Waals surface area contributed by atoms with E-state index < -0.39 is 5.97 Å². The van der Waals surface area contributed by atoms with Crippen molar-refractivity contribution < 1.29 is 19.1 Å². The van der Waals surface area contributed by atoms with Gasteiger partial charge in [0.1, 0.15) is 5.00 Å². The minimum Gasteiger partial charge on any atom is -0.465 e. The quantitative estimate of drug-likeness (QED) is 0.373. The fourth-order valence-electron chi connectivity index (χ4n) is 4.30. The van der Waals surface area contributed by atoms with Crippen LogP contribution in [0.25, 0.3) is 0 Å². The third-order valence-electron chi connectivity index (χ3n) is 6.55. The first-order valence-corrected chi connectivity index (χ1v) is 13.5. The summed E-state index contributed by atoms with van der Waals surface area (Å²) in [4.78, 5) is 39.5. The average Bonchev–Trinajstić information content (AvgIpc) is 3.58. The summed E-state index contributed by atoms with van der Waals surface area (Å²) in [5, 5.41) is 6.49. The number of carbonyl (C=O) groups is 3. The summed E-state index contributed by atoms with van der Waals surface area (Å²) in [5.74, 6) is 0.374. The lowest BCUT2D eigenvalue weighted by molar-refractivity contribution is -0.117. The van der Waals surface area contributed by atoms with Gasteiger partial charge in [0.05, 0.1) is 18.4 Å². The topological polar surface area (TPSA) is 84.5 Å². The Labute approximate surface area is 209 Å². The van der Waals surface area contributed by atoms with Crippen molar-refractivity contribution in [3.8, 4) is 0 Å². The Morgan fingerprint density at radius 2 is 1.91 bits per heavy atom. The van der Waals surface area contributed by atoms with Gasteiger partial charge in [-0.05, 0) is 67.2 Å². The van der Waals surface area contributed by atoms with Gasteiger partial charge in [0.15, 0.2) is 0 Å². The molecule has 1 aromatic heterocycles. The van der Waals surface area contributed by atoms with E-state index in [9.17, 15) is 14.4 Å². The Hall–Kier alpha value is -2.32. The van der Waals surface area contributed by atoms with Gasteiger partial charge in [-0.1, -0.05) is 26.8 Å². The zero-order valence-electron chi connectivity index (χ0n) is 20.2. The summed E-state index contributed by atoms with van der Waals surface area (Å²) in [5.41, 5.74) is 2.48. The SMILES string of the molecule is COC(=O)c1c(NC(=O)CSc2cccc(NC(=O)C3CC3)c2)sc2c1CCC(C(C)(C)C)C2. The van der Waals surface area contributed by atoms with Crippen LogP contribution < -0.4 is 10.6 Å². The molecule has 2 N–H and O–H groups in total. The molecule has 0 saturated heterocycles. The van der Waals surface area contributed by atoms with E-state index in [1.54, 1.807) is 0 Å². The standard InChI is InChI=1S/C26H32N2O4S2/c1-26(2,3)16-10-11-19-20(12-16)34-24(22(19)25(31)32-4)28-21(29)14-33-18-7-5-6-17(13-18)27-23(30)15-8-9-15/h5-7,13,15-16H,8-12,14H2,1-4H3,(H,27,30)(H,28,29). The van der Waals surface area contributed by atoms with E-state index in [0.29, 0.717) is 16.5 Å². The molecule has 182 valence electrons. The third-order valence-corrected chi connectivity index (χ3v) is 8.72. The van der Waals surface area contributed by atoms with E-state index in [1.807, 2.05) is 24.3 Å². The Morgan fingerprint density at radius 3 is 2.59 bits per heavy atom. The number of thioether (sulfide) groups is 1. The van der Waals surface area contributed by atoms with E-state index in [1.165, 1.54) is 35.1 Å². The second-order valence-corrected chi connectivity index (χ2v) is 12.3. The molecular formula is C26H32N2O4S2. The molecule has 1 fully saturated rings. The van der Waals surface area contributed by atoms with Crippen LogP contribution in [0.4, 0.5) is 10.7 Å². The van der Waals surface area contributed by atoms with Crippen LogP contribution in [0.15, 0.2) is 29.2 Å². The van der Waals surface area contributed by atoms with Crippen molar-refractivity contribution in [1.29, 1.82) is 0 Å². The van der Waals surface area contributed by atoms with Crippen LogP contribution in [-0.4, -0.2) is 30.6 Å². The molecule has 1 unspecified atom stereocenters. The molecular weight excluding hydrogens is 468 g/mol. The molecule has 2 aliphatic rings. The molecule has 0 spiro atoms. The fraction of sp³-hybridized carbons (Fsp3) is 0.500. The first kappa shape index (κ1) is 24.8. The zero-order valence-corrected chi connectivity index (χ0v) is 21.8. The highest BCUT2D eigenvalue weighted by molar-refractivity contribution is 8.00. The van der Waals surface area contributed by atoms with Crippen LogP contribution in [0.2, 0.25) is 0 Å². The molecule has 2 aromatic rings. The van der Waals surface area contributed by atoms with Crippen molar-refractivity contribution >= 4 is 51.6 Å². The van der Waals surface area contributed by atoms with Gasteiger partial charge in [-0.25, -0.2) is 4.79 Å². The van der Waals surface area contributed by atoms with Gasteiger partial charge >= 0.3 is 5.97 Å². The highest BCUT2D eigenvalue weighted by atomic mass is 32.2. The van der Waals surface area contributed by atoms with E-state index in [2.05, 4.69) is 31.4 Å². The number of methoxy groups -OCH3 is 1. The van der Waals surface area contributed by atoms with Crippen molar-refractivity contribution in [3.63, 3.8) is 0 Å². The van der Waals surface area contributed by atoms with Crippen molar-refractivity contribution in [2.24, 2.45) is 17.3 Å². The average molecular weight is 501 g/mol. The lowest BCUT2D eigenvalue weighted by Crippen LogP contribution is -2.26. The van der Waals surface area contributed by atoms with Gasteiger partial charge in [-0.2, -0.15) is 0 Å². The maximum Gasteiger partial charge on any atom is 0.341 e. The largest absolute Gasteiger partial charge is 0.465 e. The number of benzene rings is 1. The second-order valence-electron chi connectivity index (χ2n) is 10.1. The number of esters is 1. The number of ether oxygens (including phenoxy) is 1. The second kappa shape index (κ2) is 10.1. The first-order chi connectivity index (χ1) is 16.2. The summed E-state index contributed by atoms with van der Waals surface area (Å²) in [6.45, 7) is 6.76. The van der Waals surface area contributed by atoms with Crippen molar-refractivity contribution in [1.82, 2.24) is 0 Å². The lowest BCUT2D eigenvalue weighted by Gasteiger charge is -2.33. The van der Waals surface area contributed by atoms with Crippen LogP contribution in [0.1, 0.15) is 60.8 Å². The van der Waals surface area contributed by atoms with Crippen LogP contribution >= 0.6 is 23.1 Å². The summed E-state index contributed by atoms with van der Waals surface area (Å²) >= 11 is 2.90. The van der Waals surface area contributed by atoms with Gasteiger partial charge in [0, 0.05) is 21.4 Å². The third kappa shape index (κ3) is 5.84. The summed E-state index contributed by atoms with van der Waals surface area (Å²) in [6.07, 6.45) is 4.67. The maximum absolute atomic E-state index is 12.8. The molecule has 0 bridgehead atoms. The monoisotopic (exact) mass is 500 g/mol. The fourth-order valence-corrected chi connectivity index (χ4v) is 6.38. The maximum atomic E-state index is 12.8. The number of anilines is 2. The molecule has 1 atom stereocenters. The van der Waals surface area contributed by atoms with E-state index in [0.717, 1.165) is 48.3 Å². The van der Waals surface area contributed by atoms with Crippen molar-refractivity contribution in [2.75, 3.05) is 23.5 Å². The van der Waals surface area contributed by atoms with Crippen molar-refractivity contribution in [2.45, 2.75) is 57.8 Å².